The summed E-state index contributed by atoms with van der Waals surface area (Å²) < 4.78 is 0. The molecule has 5 aromatic rings. The predicted octanol–water partition coefficient (Wildman–Crippen LogP) is 8.32. The molecule has 0 aliphatic rings. The summed E-state index contributed by atoms with van der Waals surface area (Å²) in [5.74, 6) is 0. The molecule has 0 atom stereocenters. The first-order valence-electron chi connectivity index (χ1n) is 11.6. The summed E-state index contributed by atoms with van der Waals surface area (Å²) in [6.45, 7) is 11.0. The maximum Gasteiger partial charge on any atom is 0.0715 e. The van der Waals surface area contributed by atoms with E-state index in [4.69, 9.17) is 9.97 Å². The van der Waals surface area contributed by atoms with Crippen molar-refractivity contribution in [2.24, 2.45) is 5.41 Å². The molecular formula is C31H30N2. The molecule has 0 fully saturated rings. The lowest BCUT2D eigenvalue weighted by molar-refractivity contribution is 0.407. The van der Waals surface area contributed by atoms with E-state index in [1.165, 1.54) is 33.2 Å². The number of nitrogens with zero attached hydrogens (tertiary/aromatic N) is 2. The molecule has 2 aromatic heterocycles. The molecule has 0 N–H and O–H groups in total. The van der Waals surface area contributed by atoms with E-state index in [1.54, 1.807) is 0 Å². The maximum absolute atomic E-state index is 5.03. The van der Waals surface area contributed by atoms with Crippen molar-refractivity contribution in [1.82, 2.24) is 9.97 Å². The molecule has 0 saturated carbocycles. The Labute approximate surface area is 196 Å². The molecule has 0 aliphatic heterocycles. The Morgan fingerprint density at radius 2 is 1.21 bits per heavy atom. The Morgan fingerprint density at radius 3 is 1.82 bits per heavy atom. The van der Waals surface area contributed by atoms with Crippen LogP contribution in [0.2, 0.25) is 0 Å². The maximum atomic E-state index is 5.03. The summed E-state index contributed by atoms with van der Waals surface area (Å²) in [7, 11) is 0. The summed E-state index contributed by atoms with van der Waals surface area (Å²) in [6.07, 6.45) is 0.965. The van der Waals surface area contributed by atoms with Crippen molar-refractivity contribution in [3.63, 3.8) is 0 Å². The van der Waals surface area contributed by atoms with Crippen LogP contribution in [0.5, 0.6) is 0 Å². The van der Waals surface area contributed by atoms with Crippen LogP contribution in [0.25, 0.3) is 44.2 Å². The van der Waals surface area contributed by atoms with Gasteiger partial charge in [-0.15, -0.1) is 0 Å². The average Bonchev–Trinajstić information content (AvgIpc) is 2.76. The van der Waals surface area contributed by atoms with E-state index in [2.05, 4.69) is 113 Å². The highest BCUT2D eigenvalue weighted by Crippen LogP contribution is 2.34. The quantitative estimate of drug-likeness (QED) is 0.287. The summed E-state index contributed by atoms with van der Waals surface area (Å²) in [6, 6.07) is 28.2. The lowest BCUT2D eigenvalue weighted by Gasteiger charge is -2.18. The number of aromatic nitrogens is 2. The molecule has 0 radical (unpaired) electrons. The zero-order chi connectivity index (χ0) is 23.2. The Kier molecular flexibility index (Phi) is 5.25. The van der Waals surface area contributed by atoms with E-state index >= 15 is 0 Å². The Hall–Kier alpha value is -3.52. The van der Waals surface area contributed by atoms with Gasteiger partial charge in [-0.25, -0.2) is 4.98 Å². The predicted molar refractivity (Wildman–Crippen MR) is 141 cm³/mol. The lowest BCUT2D eigenvalue weighted by atomic mass is 9.90. The third-order valence-electron chi connectivity index (χ3n) is 6.04. The lowest BCUT2D eigenvalue weighted by Crippen LogP contribution is -2.10. The fraction of sp³-hybridized carbons (Fsp3) is 0.226. The van der Waals surface area contributed by atoms with E-state index in [-0.39, 0.29) is 5.41 Å². The van der Waals surface area contributed by atoms with Crippen LogP contribution in [-0.2, 0) is 6.42 Å². The monoisotopic (exact) mass is 430 g/mol. The van der Waals surface area contributed by atoms with Crippen LogP contribution in [0.15, 0.2) is 78.9 Å². The number of aryl methyl sites for hydroxylation is 2. The largest absolute Gasteiger partial charge is 0.253 e. The summed E-state index contributed by atoms with van der Waals surface area (Å²) in [5, 5.41) is 2.35. The molecule has 33 heavy (non-hydrogen) atoms. The Bertz CT molecular complexity index is 1470. The fourth-order valence-electron chi connectivity index (χ4n) is 4.75. The topological polar surface area (TPSA) is 25.8 Å². The van der Waals surface area contributed by atoms with Gasteiger partial charge in [0, 0.05) is 22.0 Å². The van der Waals surface area contributed by atoms with Crippen LogP contribution in [0.4, 0.5) is 0 Å². The van der Waals surface area contributed by atoms with Crippen molar-refractivity contribution in [3.8, 4) is 22.4 Å². The standard InChI is InChI=1S/C31H30N2/c1-20-16-21(2)18-22(17-20)28-15-14-27-25(9-7-11-30(27)33-28)24-8-6-10-29-26(24)13-12-23(32-29)19-31(3,4)5/h6-18H,19H2,1-5H3. The van der Waals surface area contributed by atoms with E-state index in [0.29, 0.717) is 0 Å². The van der Waals surface area contributed by atoms with Crippen molar-refractivity contribution in [2.45, 2.75) is 41.0 Å². The van der Waals surface area contributed by atoms with Crippen LogP contribution >= 0.6 is 0 Å². The second-order valence-corrected chi connectivity index (χ2v) is 10.4. The number of pyridine rings is 2. The first-order valence-corrected chi connectivity index (χ1v) is 11.6. The number of hydrogen-bond acceptors (Lipinski definition) is 2. The van der Waals surface area contributed by atoms with Gasteiger partial charge in [-0.3, -0.25) is 4.98 Å². The van der Waals surface area contributed by atoms with Gasteiger partial charge < -0.3 is 0 Å². The van der Waals surface area contributed by atoms with Gasteiger partial charge >= 0.3 is 0 Å². The van der Waals surface area contributed by atoms with Crippen LogP contribution in [-0.4, -0.2) is 9.97 Å². The first-order chi connectivity index (χ1) is 15.8. The number of fused-ring (bicyclic) bond motifs is 2. The van der Waals surface area contributed by atoms with Crippen molar-refractivity contribution in [3.05, 3.63) is 95.7 Å². The van der Waals surface area contributed by atoms with Crippen LogP contribution < -0.4 is 0 Å². The molecule has 2 heteroatoms. The summed E-state index contributed by atoms with van der Waals surface area (Å²) >= 11 is 0. The van der Waals surface area contributed by atoms with Gasteiger partial charge in [0.1, 0.15) is 0 Å². The van der Waals surface area contributed by atoms with E-state index < -0.39 is 0 Å². The minimum absolute atomic E-state index is 0.215. The highest BCUT2D eigenvalue weighted by molar-refractivity contribution is 6.04. The van der Waals surface area contributed by atoms with Crippen LogP contribution in [0.3, 0.4) is 0 Å². The first kappa shape index (κ1) is 21.3. The molecule has 0 bridgehead atoms. The van der Waals surface area contributed by atoms with Crippen molar-refractivity contribution >= 4 is 21.8 Å². The second-order valence-electron chi connectivity index (χ2n) is 10.4. The number of hydrogen-bond donors (Lipinski definition) is 0. The third kappa shape index (κ3) is 4.39. The van der Waals surface area contributed by atoms with E-state index in [9.17, 15) is 0 Å². The van der Waals surface area contributed by atoms with Gasteiger partial charge in [0.05, 0.1) is 16.7 Å². The zero-order valence-electron chi connectivity index (χ0n) is 20.1. The van der Waals surface area contributed by atoms with Crippen molar-refractivity contribution in [2.75, 3.05) is 0 Å². The van der Waals surface area contributed by atoms with Gasteiger partial charge in [0.25, 0.3) is 0 Å². The molecule has 0 amide bonds. The molecule has 164 valence electrons. The van der Waals surface area contributed by atoms with Gasteiger partial charge in [0.15, 0.2) is 0 Å². The van der Waals surface area contributed by atoms with Crippen LogP contribution in [0.1, 0.15) is 37.6 Å². The highest BCUT2D eigenvalue weighted by Gasteiger charge is 2.14. The summed E-state index contributed by atoms with van der Waals surface area (Å²) in [5.41, 5.74) is 10.5. The highest BCUT2D eigenvalue weighted by atomic mass is 14.7. The number of rotatable bonds is 3. The fourth-order valence-corrected chi connectivity index (χ4v) is 4.75. The van der Waals surface area contributed by atoms with Gasteiger partial charge in [-0.1, -0.05) is 74.4 Å². The van der Waals surface area contributed by atoms with E-state index in [1.807, 2.05) is 0 Å². The molecule has 2 heterocycles. The Balaban J connectivity index is 1.63. The molecule has 5 rings (SSSR count). The molecule has 0 saturated heterocycles. The zero-order valence-corrected chi connectivity index (χ0v) is 20.1. The van der Waals surface area contributed by atoms with Gasteiger partial charge in [-0.05, 0) is 73.2 Å². The number of benzene rings is 3. The van der Waals surface area contributed by atoms with Gasteiger partial charge in [0.2, 0.25) is 0 Å². The minimum atomic E-state index is 0.215. The molecule has 3 aromatic carbocycles. The smallest absolute Gasteiger partial charge is 0.0715 e. The minimum Gasteiger partial charge on any atom is -0.253 e. The normalized spacial score (nSPS) is 11.9. The van der Waals surface area contributed by atoms with Crippen molar-refractivity contribution in [1.29, 1.82) is 0 Å². The SMILES string of the molecule is Cc1cc(C)cc(-c2ccc3c(-c4cccc5nc(CC(C)(C)C)ccc45)cccc3n2)c1. The molecule has 0 unspecified atom stereocenters. The average molecular weight is 431 g/mol. The molecule has 0 spiro atoms. The Morgan fingerprint density at radius 1 is 0.636 bits per heavy atom. The third-order valence-corrected chi connectivity index (χ3v) is 6.04. The van der Waals surface area contributed by atoms with Crippen LogP contribution in [0, 0.1) is 19.3 Å². The summed E-state index contributed by atoms with van der Waals surface area (Å²) in [4.78, 5) is 10.0. The second kappa shape index (κ2) is 8.12. The molecule has 2 nitrogen and oxygen atoms in total. The molecular weight excluding hydrogens is 400 g/mol. The van der Waals surface area contributed by atoms with E-state index in [0.717, 1.165) is 34.2 Å². The van der Waals surface area contributed by atoms with Crippen molar-refractivity contribution < 1.29 is 0 Å². The van der Waals surface area contributed by atoms with Gasteiger partial charge in [-0.2, -0.15) is 0 Å². The molecule has 0 aliphatic carbocycles.